The Bertz CT molecular complexity index is 732. The van der Waals surface area contributed by atoms with Crippen molar-refractivity contribution in [3.05, 3.63) is 35.4 Å². The van der Waals surface area contributed by atoms with Crippen molar-refractivity contribution >= 4 is 17.8 Å². The minimum atomic E-state index is -0.278. The summed E-state index contributed by atoms with van der Waals surface area (Å²) in [6, 6.07) is 7.57. The van der Waals surface area contributed by atoms with Crippen LogP contribution in [-0.4, -0.2) is 55.0 Å². The van der Waals surface area contributed by atoms with Crippen molar-refractivity contribution in [1.82, 2.24) is 15.5 Å². The van der Waals surface area contributed by atoms with Crippen LogP contribution in [0.5, 0.6) is 0 Å². The molecule has 0 atom stereocenters. The fourth-order valence-corrected chi connectivity index (χ4v) is 3.31. The quantitative estimate of drug-likeness (QED) is 0.449. The van der Waals surface area contributed by atoms with Crippen LogP contribution in [0.3, 0.4) is 0 Å². The maximum absolute atomic E-state index is 12.4. The smallest absolute Gasteiger partial charge is 0.308 e. The Morgan fingerprint density at radius 1 is 1.24 bits per heavy atom. The van der Waals surface area contributed by atoms with Crippen molar-refractivity contribution < 1.29 is 14.3 Å². The summed E-state index contributed by atoms with van der Waals surface area (Å²) in [5, 5.41) is 6.31. The number of methoxy groups -OCH3 is 1. The molecule has 2 rings (SSSR count). The van der Waals surface area contributed by atoms with Gasteiger partial charge in [0.15, 0.2) is 5.96 Å². The molecule has 0 aromatic heterocycles. The Morgan fingerprint density at radius 2 is 1.93 bits per heavy atom. The van der Waals surface area contributed by atoms with E-state index in [4.69, 9.17) is 9.73 Å². The minimum absolute atomic E-state index is 0.0304. The molecular weight excluding hydrogens is 368 g/mol. The number of nitrogens with one attached hydrogen (secondary N) is 2. The standard InChI is InChI=1S/C22H34N4O3/c1-6-23-21(26-12-10-17(11-13-26)20(28)29-5)24-15-16-8-7-9-18(14-16)19(27)25-22(2,3)4/h7-9,14,17H,6,10-13,15H2,1-5H3,(H,23,24)(H,25,27). The molecule has 1 fully saturated rings. The number of hydrogen-bond donors (Lipinski definition) is 2. The van der Waals surface area contributed by atoms with Crippen LogP contribution >= 0.6 is 0 Å². The van der Waals surface area contributed by atoms with Gasteiger partial charge in [0.25, 0.3) is 5.91 Å². The summed E-state index contributed by atoms with van der Waals surface area (Å²) in [7, 11) is 1.44. The number of rotatable bonds is 5. The van der Waals surface area contributed by atoms with E-state index in [1.807, 2.05) is 52.0 Å². The molecule has 0 saturated carbocycles. The molecule has 1 aromatic carbocycles. The van der Waals surface area contributed by atoms with Gasteiger partial charge in [-0.3, -0.25) is 9.59 Å². The molecule has 0 unspecified atom stereocenters. The van der Waals surface area contributed by atoms with E-state index in [2.05, 4.69) is 15.5 Å². The number of ether oxygens (including phenoxy) is 1. The lowest BCUT2D eigenvalue weighted by Crippen LogP contribution is -2.46. The summed E-state index contributed by atoms with van der Waals surface area (Å²) in [6.45, 7) is 10.7. The first kappa shape index (κ1) is 22.7. The Morgan fingerprint density at radius 3 is 2.52 bits per heavy atom. The molecule has 7 nitrogen and oxygen atoms in total. The Hall–Kier alpha value is -2.57. The normalized spacial score (nSPS) is 15.8. The Labute approximate surface area is 173 Å². The van der Waals surface area contributed by atoms with Crippen molar-refractivity contribution in [2.45, 2.75) is 52.6 Å². The van der Waals surface area contributed by atoms with Crippen molar-refractivity contribution in [2.75, 3.05) is 26.7 Å². The molecule has 1 aliphatic rings. The highest BCUT2D eigenvalue weighted by atomic mass is 16.5. The molecule has 0 radical (unpaired) electrons. The van der Waals surface area contributed by atoms with Crippen LogP contribution in [0.1, 0.15) is 56.5 Å². The molecule has 0 bridgehead atoms. The molecule has 1 heterocycles. The van der Waals surface area contributed by atoms with E-state index in [-0.39, 0.29) is 23.3 Å². The number of hydrogen-bond acceptors (Lipinski definition) is 4. The summed E-state index contributed by atoms with van der Waals surface area (Å²) in [5.74, 6) is 0.592. The third-order valence-corrected chi connectivity index (χ3v) is 4.75. The summed E-state index contributed by atoms with van der Waals surface area (Å²) >= 11 is 0. The number of guanidine groups is 1. The number of amides is 1. The highest BCUT2D eigenvalue weighted by molar-refractivity contribution is 5.94. The van der Waals surface area contributed by atoms with Gasteiger partial charge in [-0.1, -0.05) is 12.1 Å². The molecule has 2 N–H and O–H groups in total. The third kappa shape index (κ3) is 7.07. The largest absolute Gasteiger partial charge is 0.469 e. The third-order valence-electron chi connectivity index (χ3n) is 4.75. The van der Waals surface area contributed by atoms with Gasteiger partial charge >= 0.3 is 5.97 Å². The summed E-state index contributed by atoms with van der Waals surface area (Å²) in [6.07, 6.45) is 1.53. The molecular formula is C22H34N4O3. The van der Waals surface area contributed by atoms with Gasteiger partial charge in [-0.2, -0.15) is 0 Å². The number of aliphatic imine (C=N–C) groups is 1. The zero-order chi connectivity index (χ0) is 21.4. The fraction of sp³-hybridized carbons (Fsp3) is 0.591. The maximum Gasteiger partial charge on any atom is 0.308 e. The average molecular weight is 403 g/mol. The van der Waals surface area contributed by atoms with E-state index < -0.39 is 0 Å². The van der Waals surface area contributed by atoms with Crippen LogP contribution in [0.25, 0.3) is 0 Å². The van der Waals surface area contributed by atoms with Crippen LogP contribution in [-0.2, 0) is 16.1 Å². The number of likely N-dealkylation sites (tertiary alicyclic amines) is 1. The second-order valence-electron chi connectivity index (χ2n) is 8.36. The highest BCUT2D eigenvalue weighted by Crippen LogP contribution is 2.19. The van der Waals surface area contributed by atoms with Crippen molar-refractivity contribution in [2.24, 2.45) is 10.9 Å². The van der Waals surface area contributed by atoms with Gasteiger partial charge in [0.2, 0.25) is 0 Å². The van der Waals surface area contributed by atoms with Crippen LogP contribution in [0, 0.1) is 5.92 Å². The van der Waals surface area contributed by atoms with Gasteiger partial charge in [0.1, 0.15) is 0 Å². The van der Waals surface area contributed by atoms with Gasteiger partial charge in [-0.25, -0.2) is 4.99 Å². The van der Waals surface area contributed by atoms with Gasteiger partial charge in [0, 0.05) is 30.7 Å². The second-order valence-corrected chi connectivity index (χ2v) is 8.36. The van der Waals surface area contributed by atoms with Gasteiger partial charge in [0.05, 0.1) is 19.6 Å². The highest BCUT2D eigenvalue weighted by Gasteiger charge is 2.27. The summed E-state index contributed by atoms with van der Waals surface area (Å²) in [4.78, 5) is 31.1. The number of carbonyl (C=O) groups excluding carboxylic acids is 2. The minimum Gasteiger partial charge on any atom is -0.469 e. The lowest BCUT2D eigenvalue weighted by molar-refractivity contribution is -0.146. The monoisotopic (exact) mass is 402 g/mol. The van der Waals surface area contributed by atoms with E-state index in [0.717, 1.165) is 44.0 Å². The molecule has 1 aromatic rings. The first-order valence-electron chi connectivity index (χ1n) is 10.3. The molecule has 1 amide bonds. The predicted octanol–water partition coefficient (Wildman–Crippen LogP) is 2.57. The molecule has 0 spiro atoms. The van der Waals surface area contributed by atoms with Crippen LogP contribution in [0.15, 0.2) is 29.3 Å². The number of esters is 1. The SMILES string of the molecule is CCNC(=NCc1cccc(C(=O)NC(C)(C)C)c1)N1CCC(C(=O)OC)CC1. The molecule has 29 heavy (non-hydrogen) atoms. The van der Waals surface area contributed by atoms with E-state index in [1.165, 1.54) is 7.11 Å². The molecule has 0 aliphatic carbocycles. The molecule has 7 heteroatoms. The molecule has 1 aliphatic heterocycles. The predicted molar refractivity (Wildman–Crippen MR) is 115 cm³/mol. The summed E-state index contributed by atoms with van der Waals surface area (Å²) < 4.78 is 4.86. The van der Waals surface area contributed by atoms with E-state index in [0.29, 0.717) is 12.1 Å². The van der Waals surface area contributed by atoms with Crippen molar-refractivity contribution in [1.29, 1.82) is 0 Å². The molecule has 160 valence electrons. The zero-order valence-electron chi connectivity index (χ0n) is 18.2. The van der Waals surface area contributed by atoms with Crippen molar-refractivity contribution in [3.63, 3.8) is 0 Å². The first-order valence-corrected chi connectivity index (χ1v) is 10.3. The Kier molecular flexibility index (Phi) is 8.05. The molecule has 1 saturated heterocycles. The topological polar surface area (TPSA) is 83.0 Å². The van der Waals surface area contributed by atoms with Crippen LogP contribution in [0.2, 0.25) is 0 Å². The van der Waals surface area contributed by atoms with E-state index >= 15 is 0 Å². The van der Waals surface area contributed by atoms with Crippen molar-refractivity contribution in [3.8, 4) is 0 Å². The second kappa shape index (κ2) is 10.3. The lowest BCUT2D eigenvalue weighted by Gasteiger charge is -2.33. The fourth-order valence-electron chi connectivity index (χ4n) is 3.31. The van der Waals surface area contributed by atoms with Gasteiger partial charge in [-0.15, -0.1) is 0 Å². The average Bonchev–Trinajstić information content (AvgIpc) is 2.69. The zero-order valence-corrected chi connectivity index (χ0v) is 18.2. The number of benzene rings is 1. The lowest BCUT2D eigenvalue weighted by atomic mass is 9.97. The Balaban J connectivity index is 2.04. The number of nitrogens with zero attached hydrogens (tertiary/aromatic N) is 2. The van der Waals surface area contributed by atoms with E-state index in [1.54, 1.807) is 0 Å². The van der Waals surface area contributed by atoms with Crippen LogP contribution < -0.4 is 10.6 Å². The summed E-state index contributed by atoms with van der Waals surface area (Å²) in [5.41, 5.74) is 1.34. The number of carbonyl (C=O) groups is 2. The van der Waals surface area contributed by atoms with Gasteiger partial charge < -0.3 is 20.3 Å². The van der Waals surface area contributed by atoms with Crippen LogP contribution in [0.4, 0.5) is 0 Å². The maximum atomic E-state index is 12.4. The van der Waals surface area contributed by atoms with E-state index in [9.17, 15) is 9.59 Å². The van der Waals surface area contributed by atoms with Gasteiger partial charge in [-0.05, 0) is 58.2 Å². The number of piperidine rings is 1. The first-order chi connectivity index (χ1) is 13.7.